The van der Waals surface area contributed by atoms with Crippen molar-refractivity contribution in [1.29, 1.82) is 0 Å². The number of amides is 2. The number of fused-ring (bicyclic) bond motifs is 1. The summed E-state index contributed by atoms with van der Waals surface area (Å²) >= 11 is 0. The van der Waals surface area contributed by atoms with Crippen molar-refractivity contribution in [3.05, 3.63) is 65.2 Å². The predicted octanol–water partition coefficient (Wildman–Crippen LogP) is 3.56. The molecule has 1 atom stereocenters. The lowest BCUT2D eigenvalue weighted by atomic mass is 9.90. The quantitative estimate of drug-likeness (QED) is 0.702. The fourth-order valence-electron chi connectivity index (χ4n) is 4.86. The minimum absolute atomic E-state index is 0.0780. The second kappa shape index (κ2) is 10.8. The molecule has 1 fully saturated rings. The van der Waals surface area contributed by atoms with E-state index in [1.807, 2.05) is 59.2 Å². The third-order valence-electron chi connectivity index (χ3n) is 6.81. The van der Waals surface area contributed by atoms with Gasteiger partial charge in [0.25, 0.3) is 0 Å². The summed E-state index contributed by atoms with van der Waals surface area (Å²) < 4.78 is 5.67. The molecule has 176 valence electrons. The predicted molar refractivity (Wildman–Crippen MR) is 129 cm³/mol. The molecule has 2 aliphatic heterocycles. The van der Waals surface area contributed by atoms with Crippen molar-refractivity contribution in [1.82, 2.24) is 15.1 Å². The van der Waals surface area contributed by atoms with Gasteiger partial charge in [0.2, 0.25) is 11.8 Å². The average Bonchev–Trinajstić information content (AvgIpc) is 2.83. The first-order valence-corrected chi connectivity index (χ1v) is 12.1. The largest absolute Gasteiger partial charge is 0.494 e. The number of benzene rings is 2. The number of ether oxygens (including phenoxy) is 1. The molecule has 0 aromatic heterocycles. The SMILES string of the molecule is CCOc1ccccc1CNC(=O)CN1CCc2ccccc2[C@H]1C(=O)N1CCC(C)CC1. The lowest BCUT2D eigenvalue weighted by molar-refractivity contribution is -0.140. The van der Waals surface area contributed by atoms with Gasteiger partial charge in [-0.15, -0.1) is 0 Å². The number of likely N-dealkylation sites (tertiary alicyclic amines) is 1. The molecule has 1 saturated heterocycles. The van der Waals surface area contributed by atoms with E-state index >= 15 is 0 Å². The normalized spacial score (nSPS) is 19.1. The van der Waals surface area contributed by atoms with Gasteiger partial charge in [-0.25, -0.2) is 0 Å². The maximum atomic E-state index is 13.6. The summed E-state index contributed by atoms with van der Waals surface area (Å²) in [5.41, 5.74) is 3.21. The first-order valence-electron chi connectivity index (χ1n) is 12.1. The number of rotatable bonds is 7. The number of carbonyl (C=O) groups excluding carboxylic acids is 2. The third kappa shape index (κ3) is 5.56. The summed E-state index contributed by atoms with van der Waals surface area (Å²) in [5.74, 6) is 1.50. The van der Waals surface area contributed by atoms with Gasteiger partial charge in [-0.3, -0.25) is 14.5 Å². The first kappa shape index (κ1) is 23.3. The monoisotopic (exact) mass is 449 g/mol. The van der Waals surface area contributed by atoms with Gasteiger partial charge >= 0.3 is 0 Å². The van der Waals surface area contributed by atoms with E-state index in [1.54, 1.807) is 0 Å². The molecule has 2 aliphatic rings. The van der Waals surface area contributed by atoms with Gasteiger partial charge < -0.3 is 15.0 Å². The van der Waals surface area contributed by atoms with Crippen LogP contribution in [0.1, 0.15) is 49.4 Å². The highest BCUT2D eigenvalue weighted by Crippen LogP contribution is 2.32. The zero-order chi connectivity index (χ0) is 23.2. The molecule has 0 saturated carbocycles. The number of piperidine rings is 1. The van der Waals surface area contributed by atoms with E-state index in [1.165, 1.54) is 5.56 Å². The van der Waals surface area contributed by atoms with Crippen LogP contribution < -0.4 is 10.1 Å². The fraction of sp³-hybridized carbons (Fsp3) is 0.481. The van der Waals surface area contributed by atoms with E-state index in [0.717, 1.165) is 49.2 Å². The highest BCUT2D eigenvalue weighted by atomic mass is 16.5. The molecule has 0 unspecified atom stereocenters. The summed E-state index contributed by atoms with van der Waals surface area (Å²) in [4.78, 5) is 30.6. The van der Waals surface area contributed by atoms with Crippen molar-refractivity contribution in [2.45, 2.75) is 45.7 Å². The second-order valence-corrected chi connectivity index (χ2v) is 9.15. The standard InChI is InChI=1S/C27H35N3O3/c1-3-33-24-11-7-5-9-22(24)18-28-25(31)19-30-17-14-21-8-4-6-10-23(21)26(30)27(32)29-15-12-20(2)13-16-29/h4-11,20,26H,3,12-19H2,1-2H3,(H,28,31)/t26-/m0/s1. The fourth-order valence-corrected chi connectivity index (χ4v) is 4.86. The Morgan fingerprint density at radius 1 is 1.03 bits per heavy atom. The molecule has 4 rings (SSSR count). The minimum Gasteiger partial charge on any atom is -0.494 e. The Bertz CT molecular complexity index is 969. The third-order valence-corrected chi connectivity index (χ3v) is 6.81. The Morgan fingerprint density at radius 2 is 1.76 bits per heavy atom. The lowest BCUT2D eigenvalue weighted by Crippen LogP contribution is -2.50. The molecule has 6 heteroatoms. The minimum atomic E-state index is -0.398. The number of para-hydroxylation sites is 1. The Balaban J connectivity index is 1.46. The molecule has 2 heterocycles. The van der Waals surface area contributed by atoms with Crippen LogP contribution in [0.5, 0.6) is 5.75 Å². The van der Waals surface area contributed by atoms with Crippen molar-refractivity contribution >= 4 is 11.8 Å². The van der Waals surface area contributed by atoms with E-state index in [-0.39, 0.29) is 18.4 Å². The Morgan fingerprint density at radius 3 is 2.55 bits per heavy atom. The molecule has 33 heavy (non-hydrogen) atoms. The van der Waals surface area contributed by atoms with Gasteiger partial charge in [0.1, 0.15) is 11.8 Å². The van der Waals surface area contributed by atoms with E-state index in [0.29, 0.717) is 25.6 Å². The van der Waals surface area contributed by atoms with Crippen molar-refractivity contribution in [2.24, 2.45) is 5.92 Å². The van der Waals surface area contributed by atoms with Crippen LogP contribution >= 0.6 is 0 Å². The molecule has 0 spiro atoms. The van der Waals surface area contributed by atoms with Gasteiger partial charge in [0, 0.05) is 31.7 Å². The van der Waals surface area contributed by atoms with E-state index in [4.69, 9.17) is 4.74 Å². The number of nitrogens with one attached hydrogen (secondary N) is 1. The van der Waals surface area contributed by atoms with Crippen LogP contribution in [0.25, 0.3) is 0 Å². The molecule has 2 amide bonds. The maximum Gasteiger partial charge on any atom is 0.244 e. The molecule has 2 aromatic rings. The molecular weight excluding hydrogens is 414 g/mol. The molecule has 1 N–H and O–H groups in total. The maximum absolute atomic E-state index is 13.6. The molecular formula is C27H35N3O3. The van der Waals surface area contributed by atoms with Crippen molar-refractivity contribution in [3.63, 3.8) is 0 Å². The smallest absolute Gasteiger partial charge is 0.244 e. The van der Waals surface area contributed by atoms with E-state index < -0.39 is 6.04 Å². The van der Waals surface area contributed by atoms with Crippen LogP contribution in [0.4, 0.5) is 0 Å². The van der Waals surface area contributed by atoms with Crippen LogP contribution in [0.15, 0.2) is 48.5 Å². The van der Waals surface area contributed by atoms with Gasteiger partial charge in [-0.2, -0.15) is 0 Å². The van der Waals surface area contributed by atoms with Gasteiger partial charge in [-0.05, 0) is 49.3 Å². The summed E-state index contributed by atoms with van der Waals surface area (Å²) in [6, 6.07) is 15.5. The van der Waals surface area contributed by atoms with Gasteiger partial charge in [0.15, 0.2) is 0 Å². The zero-order valence-electron chi connectivity index (χ0n) is 19.8. The molecule has 2 aromatic carbocycles. The Hall–Kier alpha value is -2.86. The Labute approximate surface area is 196 Å². The van der Waals surface area contributed by atoms with Crippen LogP contribution in [0.3, 0.4) is 0 Å². The lowest BCUT2D eigenvalue weighted by Gasteiger charge is -2.40. The molecule has 0 bridgehead atoms. The molecule has 0 aliphatic carbocycles. The number of nitrogens with zero attached hydrogens (tertiary/aromatic N) is 2. The van der Waals surface area contributed by atoms with E-state index in [2.05, 4.69) is 18.3 Å². The number of hydrogen-bond donors (Lipinski definition) is 1. The zero-order valence-corrected chi connectivity index (χ0v) is 19.8. The van der Waals surface area contributed by atoms with Gasteiger partial charge in [0.05, 0.1) is 13.2 Å². The van der Waals surface area contributed by atoms with Crippen LogP contribution in [0, 0.1) is 5.92 Å². The van der Waals surface area contributed by atoms with Gasteiger partial charge in [-0.1, -0.05) is 49.4 Å². The van der Waals surface area contributed by atoms with Crippen molar-refractivity contribution in [2.75, 3.05) is 32.8 Å². The highest BCUT2D eigenvalue weighted by Gasteiger charge is 2.37. The second-order valence-electron chi connectivity index (χ2n) is 9.15. The van der Waals surface area contributed by atoms with Crippen LogP contribution in [-0.2, 0) is 22.6 Å². The molecule has 6 nitrogen and oxygen atoms in total. The topological polar surface area (TPSA) is 61.9 Å². The van der Waals surface area contributed by atoms with Crippen molar-refractivity contribution in [3.8, 4) is 5.75 Å². The van der Waals surface area contributed by atoms with Crippen molar-refractivity contribution < 1.29 is 14.3 Å². The first-order chi connectivity index (χ1) is 16.1. The summed E-state index contributed by atoms with van der Waals surface area (Å²) in [6.07, 6.45) is 2.93. The average molecular weight is 450 g/mol. The number of carbonyl (C=O) groups is 2. The number of hydrogen-bond acceptors (Lipinski definition) is 4. The summed E-state index contributed by atoms with van der Waals surface area (Å²) in [7, 11) is 0. The highest BCUT2D eigenvalue weighted by molar-refractivity contribution is 5.85. The van der Waals surface area contributed by atoms with E-state index in [9.17, 15) is 9.59 Å². The summed E-state index contributed by atoms with van der Waals surface area (Å²) in [6.45, 7) is 7.67. The van der Waals surface area contributed by atoms with Crippen LogP contribution in [0.2, 0.25) is 0 Å². The van der Waals surface area contributed by atoms with Crippen LogP contribution in [-0.4, -0.2) is 54.4 Å². The Kier molecular flexibility index (Phi) is 7.65. The summed E-state index contributed by atoms with van der Waals surface area (Å²) in [5, 5.41) is 3.03. The molecule has 0 radical (unpaired) electrons.